The van der Waals surface area contributed by atoms with E-state index in [0.29, 0.717) is 16.8 Å². The summed E-state index contributed by atoms with van der Waals surface area (Å²) in [6.45, 7) is 6.79. The van der Waals surface area contributed by atoms with Crippen molar-refractivity contribution in [2.75, 3.05) is 0 Å². The molecule has 0 aromatic carbocycles. The van der Waals surface area contributed by atoms with E-state index in [9.17, 15) is 0 Å². The minimum Gasteiger partial charge on any atom is -0.446 e. The topological polar surface area (TPSA) is 69.7 Å². The average Bonchev–Trinajstić information content (AvgIpc) is 2.19. The highest BCUT2D eigenvalue weighted by atomic mass is 16.5. The van der Waals surface area contributed by atoms with Crippen LogP contribution < -0.4 is 4.74 Å². The van der Waals surface area contributed by atoms with Crippen LogP contribution in [0.4, 0.5) is 0 Å². The summed E-state index contributed by atoms with van der Waals surface area (Å²) < 4.78 is 5.01. The first-order valence-corrected chi connectivity index (χ1v) is 4.24. The standard InChI is InChI=1S/C11H9N3O/c1-4-15-11-10(6-13)7(2)9(5-12)8(3)14-11/h4H,1H2,2-3H3. The molecule has 0 amide bonds. The van der Waals surface area contributed by atoms with E-state index in [-0.39, 0.29) is 11.4 Å². The largest absolute Gasteiger partial charge is 0.446 e. The summed E-state index contributed by atoms with van der Waals surface area (Å²) in [5.41, 5.74) is 1.83. The van der Waals surface area contributed by atoms with Crippen molar-refractivity contribution < 1.29 is 4.74 Å². The Kier molecular flexibility index (Phi) is 3.05. The Labute approximate surface area is 88.0 Å². The molecule has 0 aliphatic carbocycles. The maximum Gasteiger partial charge on any atom is 0.237 e. The fraction of sp³-hybridized carbons (Fsp3) is 0.182. The summed E-state index contributed by atoms with van der Waals surface area (Å²) in [5, 5.41) is 17.8. The SMILES string of the molecule is C=COc1nc(C)c(C#N)c(C)c1C#N. The van der Waals surface area contributed by atoms with Crippen LogP contribution >= 0.6 is 0 Å². The zero-order valence-electron chi connectivity index (χ0n) is 8.53. The first-order valence-electron chi connectivity index (χ1n) is 4.24. The number of aromatic nitrogens is 1. The van der Waals surface area contributed by atoms with Crippen molar-refractivity contribution in [3.8, 4) is 18.0 Å². The number of nitrogens with zero attached hydrogens (tertiary/aromatic N) is 3. The minimum absolute atomic E-state index is 0.196. The van der Waals surface area contributed by atoms with Crippen molar-refractivity contribution in [1.29, 1.82) is 10.5 Å². The molecule has 15 heavy (non-hydrogen) atoms. The number of hydrogen-bond acceptors (Lipinski definition) is 4. The molecule has 1 rings (SSSR count). The highest BCUT2D eigenvalue weighted by molar-refractivity contribution is 5.54. The van der Waals surface area contributed by atoms with E-state index < -0.39 is 0 Å². The maximum absolute atomic E-state index is 8.92. The summed E-state index contributed by atoms with van der Waals surface area (Å²) >= 11 is 0. The third-order valence-electron chi connectivity index (χ3n) is 2.01. The van der Waals surface area contributed by atoms with Crippen LogP contribution in [0.1, 0.15) is 22.4 Å². The van der Waals surface area contributed by atoms with Gasteiger partial charge in [0.15, 0.2) is 0 Å². The zero-order valence-corrected chi connectivity index (χ0v) is 8.53. The molecule has 0 saturated carbocycles. The predicted octanol–water partition coefficient (Wildman–Crippen LogP) is 1.96. The highest BCUT2D eigenvalue weighted by Gasteiger charge is 2.14. The van der Waals surface area contributed by atoms with Crippen LogP contribution in [0.5, 0.6) is 5.88 Å². The van der Waals surface area contributed by atoms with Crippen LogP contribution in [0.3, 0.4) is 0 Å². The van der Waals surface area contributed by atoms with E-state index in [4.69, 9.17) is 15.3 Å². The van der Waals surface area contributed by atoms with Crippen molar-refractivity contribution in [1.82, 2.24) is 4.98 Å². The van der Waals surface area contributed by atoms with E-state index in [1.807, 2.05) is 12.1 Å². The molecule has 0 spiro atoms. The van der Waals surface area contributed by atoms with Gasteiger partial charge in [0, 0.05) is 0 Å². The molecular formula is C11H9N3O. The van der Waals surface area contributed by atoms with Gasteiger partial charge >= 0.3 is 0 Å². The molecule has 1 aromatic rings. The van der Waals surface area contributed by atoms with E-state index >= 15 is 0 Å². The Bertz CT molecular complexity index is 492. The van der Waals surface area contributed by atoms with Gasteiger partial charge in [0.2, 0.25) is 5.88 Å². The van der Waals surface area contributed by atoms with Gasteiger partial charge in [0.25, 0.3) is 0 Å². The first-order chi connectivity index (χ1) is 7.15. The fourth-order valence-electron chi connectivity index (χ4n) is 1.28. The second-order valence-electron chi connectivity index (χ2n) is 2.89. The Balaban J connectivity index is 3.54. The van der Waals surface area contributed by atoms with Crippen molar-refractivity contribution in [2.45, 2.75) is 13.8 Å². The highest BCUT2D eigenvalue weighted by Crippen LogP contribution is 2.23. The molecule has 1 heterocycles. The molecule has 4 nitrogen and oxygen atoms in total. The summed E-state index contributed by atoms with van der Waals surface area (Å²) in [6.07, 6.45) is 1.20. The molecule has 0 aliphatic heterocycles. The van der Waals surface area contributed by atoms with Crippen LogP contribution in [-0.2, 0) is 0 Å². The third kappa shape index (κ3) is 1.79. The summed E-state index contributed by atoms with van der Waals surface area (Å²) in [7, 11) is 0. The molecule has 4 heteroatoms. The molecule has 0 N–H and O–H groups in total. The third-order valence-corrected chi connectivity index (χ3v) is 2.01. The number of aryl methyl sites for hydroxylation is 1. The van der Waals surface area contributed by atoms with E-state index in [2.05, 4.69) is 11.6 Å². The van der Waals surface area contributed by atoms with E-state index in [1.54, 1.807) is 13.8 Å². The Hall–Kier alpha value is -2.33. The quantitative estimate of drug-likeness (QED) is 0.682. The fourth-order valence-corrected chi connectivity index (χ4v) is 1.28. The maximum atomic E-state index is 8.92. The summed E-state index contributed by atoms with van der Waals surface area (Å²) in [5.74, 6) is 0.196. The lowest BCUT2D eigenvalue weighted by Crippen LogP contribution is -2.00. The van der Waals surface area contributed by atoms with Crippen LogP contribution in [0, 0.1) is 36.5 Å². The van der Waals surface area contributed by atoms with Crippen LogP contribution in [0.2, 0.25) is 0 Å². The monoisotopic (exact) mass is 199 g/mol. The second-order valence-corrected chi connectivity index (χ2v) is 2.89. The molecular weight excluding hydrogens is 190 g/mol. The Morgan fingerprint density at radius 3 is 2.33 bits per heavy atom. The number of ether oxygens (including phenoxy) is 1. The molecule has 0 bridgehead atoms. The summed E-state index contributed by atoms with van der Waals surface area (Å²) in [6, 6.07) is 3.98. The van der Waals surface area contributed by atoms with Gasteiger partial charge in [-0.15, -0.1) is 0 Å². The smallest absolute Gasteiger partial charge is 0.237 e. The lowest BCUT2D eigenvalue weighted by Gasteiger charge is -2.08. The number of hydrogen-bond donors (Lipinski definition) is 0. The Morgan fingerprint density at radius 1 is 1.27 bits per heavy atom. The van der Waals surface area contributed by atoms with Crippen molar-refractivity contribution in [2.24, 2.45) is 0 Å². The van der Waals surface area contributed by atoms with Crippen molar-refractivity contribution in [3.63, 3.8) is 0 Å². The van der Waals surface area contributed by atoms with Crippen LogP contribution in [0.25, 0.3) is 0 Å². The van der Waals surface area contributed by atoms with E-state index in [0.717, 1.165) is 0 Å². The number of nitriles is 2. The second kappa shape index (κ2) is 4.26. The van der Waals surface area contributed by atoms with Gasteiger partial charge in [-0.25, -0.2) is 4.98 Å². The van der Waals surface area contributed by atoms with E-state index in [1.165, 1.54) is 6.26 Å². The van der Waals surface area contributed by atoms with Crippen LogP contribution in [-0.4, -0.2) is 4.98 Å². The van der Waals surface area contributed by atoms with Gasteiger partial charge in [0.1, 0.15) is 17.7 Å². The van der Waals surface area contributed by atoms with Gasteiger partial charge in [0.05, 0.1) is 17.5 Å². The molecule has 0 radical (unpaired) electrons. The summed E-state index contributed by atoms with van der Waals surface area (Å²) in [4.78, 5) is 4.03. The first kappa shape index (κ1) is 10.7. The molecule has 0 unspecified atom stereocenters. The number of rotatable bonds is 2. The van der Waals surface area contributed by atoms with Gasteiger partial charge in [-0.3, -0.25) is 0 Å². The predicted molar refractivity (Wildman–Crippen MR) is 54.0 cm³/mol. The van der Waals surface area contributed by atoms with Crippen LogP contribution in [0.15, 0.2) is 12.8 Å². The molecule has 0 fully saturated rings. The molecule has 74 valence electrons. The van der Waals surface area contributed by atoms with Gasteiger partial charge < -0.3 is 4.74 Å². The number of pyridine rings is 1. The van der Waals surface area contributed by atoms with Gasteiger partial charge in [-0.2, -0.15) is 10.5 Å². The normalized spacial score (nSPS) is 8.80. The lowest BCUT2D eigenvalue weighted by molar-refractivity contribution is 0.459. The minimum atomic E-state index is 0.196. The Morgan fingerprint density at radius 2 is 1.87 bits per heavy atom. The molecule has 0 atom stereocenters. The van der Waals surface area contributed by atoms with Gasteiger partial charge in [-0.1, -0.05) is 6.58 Å². The van der Waals surface area contributed by atoms with Crippen molar-refractivity contribution in [3.05, 3.63) is 35.2 Å². The average molecular weight is 199 g/mol. The molecule has 1 aromatic heterocycles. The van der Waals surface area contributed by atoms with Crippen molar-refractivity contribution >= 4 is 0 Å². The lowest BCUT2D eigenvalue weighted by atomic mass is 10.0. The molecule has 0 aliphatic rings. The molecule has 0 saturated heterocycles. The zero-order chi connectivity index (χ0) is 11.4. The van der Waals surface area contributed by atoms with Gasteiger partial charge in [-0.05, 0) is 19.4 Å².